The van der Waals surface area contributed by atoms with Gasteiger partial charge in [0.25, 0.3) is 0 Å². The van der Waals surface area contributed by atoms with Gasteiger partial charge >= 0.3 is 0 Å². The van der Waals surface area contributed by atoms with Crippen molar-refractivity contribution in [2.75, 3.05) is 6.54 Å². The van der Waals surface area contributed by atoms with Gasteiger partial charge in [-0.15, -0.1) is 0 Å². The van der Waals surface area contributed by atoms with Gasteiger partial charge in [0.2, 0.25) is 5.91 Å². The summed E-state index contributed by atoms with van der Waals surface area (Å²) in [6.45, 7) is 6.22. The second-order valence-electron chi connectivity index (χ2n) is 5.43. The quantitative estimate of drug-likeness (QED) is 0.699. The molecule has 1 aliphatic rings. The highest BCUT2D eigenvalue weighted by Crippen LogP contribution is 2.33. The lowest BCUT2D eigenvalue weighted by Gasteiger charge is -2.29. The van der Waals surface area contributed by atoms with Crippen molar-refractivity contribution in [3.05, 3.63) is 0 Å². The van der Waals surface area contributed by atoms with Gasteiger partial charge in [0.05, 0.1) is 5.60 Å². The first kappa shape index (κ1) is 13.5. The van der Waals surface area contributed by atoms with Crippen LogP contribution in [0.15, 0.2) is 0 Å². The predicted octanol–water partition coefficient (Wildman–Crippen LogP) is 2.09. The van der Waals surface area contributed by atoms with Crippen molar-refractivity contribution < 1.29 is 9.90 Å². The molecule has 2 unspecified atom stereocenters. The lowest BCUT2D eigenvalue weighted by atomic mass is 9.88. The van der Waals surface area contributed by atoms with Crippen LogP contribution in [-0.2, 0) is 4.79 Å². The van der Waals surface area contributed by atoms with Gasteiger partial charge in [0.1, 0.15) is 0 Å². The van der Waals surface area contributed by atoms with Crippen molar-refractivity contribution in [1.29, 1.82) is 0 Å². The van der Waals surface area contributed by atoms with E-state index in [0.717, 1.165) is 18.8 Å². The van der Waals surface area contributed by atoms with Crippen molar-refractivity contribution in [2.45, 2.75) is 58.5 Å². The number of nitrogens with one attached hydrogen (secondary N) is 1. The second kappa shape index (κ2) is 5.67. The largest absolute Gasteiger partial charge is 0.388 e. The summed E-state index contributed by atoms with van der Waals surface area (Å²) in [5.74, 6) is 1.08. The fraction of sp³-hybridized carbons (Fsp3) is 0.923. The average molecular weight is 227 g/mol. The molecule has 0 aromatic carbocycles. The molecule has 0 bridgehead atoms. The Morgan fingerprint density at radius 2 is 2.19 bits per heavy atom. The molecule has 2 atom stereocenters. The van der Waals surface area contributed by atoms with Crippen LogP contribution in [-0.4, -0.2) is 23.2 Å². The molecule has 3 heteroatoms. The number of amides is 1. The van der Waals surface area contributed by atoms with E-state index in [2.05, 4.69) is 5.32 Å². The zero-order valence-electron chi connectivity index (χ0n) is 10.8. The molecule has 1 rings (SSSR count). The Bertz CT molecular complexity index is 234. The Morgan fingerprint density at radius 1 is 1.56 bits per heavy atom. The number of aliphatic hydroxyl groups is 1. The second-order valence-corrected chi connectivity index (χ2v) is 5.43. The molecule has 0 aliphatic heterocycles. The Morgan fingerprint density at radius 3 is 2.69 bits per heavy atom. The fourth-order valence-electron chi connectivity index (χ4n) is 1.72. The van der Waals surface area contributed by atoms with E-state index in [1.165, 1.54) is 12.8 Å². The lowest BCUT2D eigenvalue weighted by Crippen LogP contribution is -2.45. The zero-order chi connectivity index (χ0) is 12.2. The highest BCUT2D eigenvalue weighted by atomic mass is 16.3. The highest BCUT2D eigenvalue weighted by Gasteiger charge is 2.28. The van der Waals surface area contributed by atoms with Crippen molar-refractivity contribution >= 4 is 5.91 Å². The SMILES string of the molecule is CCC(C)C(C)(O)CNC(=O)CCC1CC1. The normalized spacial score (nSPS) is 21.2. The molecule has 1 amide bonds. The van der Waals surface area contributed by atoms with Crippen LogP contribution >= 0.6 is 0 Å². The summed E-state index contributed by atoms with van der Waals surface area (Å²) in [5, 5.41) is 12.9. The third-order valence-electron chi connectivity index (χ3n) is 3.79. The van der Waals surface area contributed by atoms with Gasteiger partial charge in [-0.05, 0) is 25.2 Å². The highest BCUT2D eigenvalue weighted by molar-refractivity contribution is 5.75. The van der Waals surface area contributed by atoms with Crippen LogP contribution < -0.4 is 5.32 Å². The molecule has 1 aliphatic carbocycles. The molecule has 0 radical (unpaired) electrons. The Labute approximate surface area is 98.6 Å². The predicted molar refractivity (Wildman–Crippen MR) is 65.0 cm³/mol. The summed E-state index contributed by atoms with van der Waals surface area (Å²) in [4.78, 5) is 11.5. The Balaban J connectivity index is 2.18. The molecule has 16 heavy (non-hydrogen) atoms. The molecule has 3 nitrogen and oxygen atoms in total. The van der Waals surface area contributed by atoms with Crippen molar-refractivity contribution in [2.24, 2.45) is 11.8 Å². The molecule has 0 spiro atoms. The van der Waals surface area contributed by atoms with Gasteiger partial charge in [0.15, 0.2) is 0 Å². The zero-order valence-corrected chi connectivity index (χ0v) is 10.8. The van der Waals surface area contributed by atoms with E-state index in [-0.39, 0.29) is 11.8 Å². The van der Waals surface area contributed by atoms with Crippen LogP contribution in [0.1, 0.15) is 52.9 Å². The molecular formula is C13H25NO2. The molecule has 0 saturated heterocycles. The van der Waals surface area contributed by atoms with Gasteiger partial charge in [-0.1, -0.05) is 33.1 Å². The van der Waals surface area contributed by atoms with Crippen LogP contribution in [0, 0.1) is 11.8 Å². The van der Waals surface area contributed by atoms with Crippen LogP contribution in [0.2, 0.25) is 0 Å². The molecule has 1 saturated carbocycles. The minimum atomic E-state index is -0.788. The maximum absolute atomic E-state index is 11.5. The van der Waals surface area contributed by atoms with E-state index < -0.39 is 5.60 Å². The van der Waals surface area contributed by atoms with E-state index in [4.69, 9.17) is 0 Å². The Hall–Kier alpha value is -0.570. The molecule has 94 valence electrons. The van der Waals surface area contributed by atoms with Gasteiger partial charge in [0, 0.05) is 13.0 Å². The van der Waals surface area contributed by atoms with Gasteiger partial charge in [-0.25, -0.2) is 0 Å². The maximum Gasteiger partial charge on any atom is 0.220 e. The summed E-state index contributed by atoms with van der Waals surface area (Å²) < 4.78 is 0. The topological polar surface area (TPSA) is 49.3 Å². The summed E-state index contributed by atoms with van der Waals surface area (Å²) >= 11 is 0. The van der Waals surface area contributed by atoms with Crippen LogP contribution in [0.3, 0.4) is 0 Å². The minimum Gasteiger partial charge on any atom is -0.388 e. The third-order valence-corrected chi connectivity index (χ3v) is 3.79. The molecule has 2 N–H and O–H groups in total. The summed E-state index contributed by atoms with van der Waals surface area (Å²) in [5.41, 5.74) is -0.788. The fourth-order valence-corrected chi connectivity index (χ4v) is 1.72. The van der Waals surface area contributed by atoms with Crippen molar-refractivity contribution in [3.8, 4) is 0 Å². The number of hydrogen-bond acceptors (Lipinski definition) is 2. The first-order chi connectivity index (χ1) is 7.45. The van der Waals surface area contributed by atoms with Gasteiger partial charge < -0.3 is 10.4 Å². The maximum atomic E-state index is 11.5. The average Bonchev–Trinajstić information content (AvgIpc) is 3.06. The van der Waals surface area contributed by atoms with E-state index in [1.807, 2.05) is 13.8 Å². The number of carbonyl (C=O) groups excluding carboxylic acids is 1. The molecule has 0 heterocycles. The monoisotopic (exact) mass is 227 g/mol. The van der Waals surface area contributed by atoms with Crippen LogP contribution in [0.25, 0.3) is 0 Å². The number of rotatable bonds is 7. The van der Waals surface area contributed by atoms with E-state index in [0.29, 0.717) is 13.0 Å². The lowest BCUT2D eigenvalue weighted by molar-refractivity contribution is -0.122. The summed E-state index contributed by atoms with van der Waals surface area (Å²) in [6.07, 6.45) is 5.12. The number of carbonyl (C=O) groups is 1. The Kier molecular flexibility index (Phi) is 4.78. The number of hydrogen-bond donors (Lipinski definition) is 2. The summed E-state index contributed by atoms with van der Waals surface area (Å²) in [7, 11) is 0. The molecule has 0 aromatic heterocycles. The smallest absolute Gasteiger partial charge is 0.220 e. The van der Waals surface area contributed by atoms with Crippen LogP contribution in [0.4, 0.5) is 0 Å². The van der Waals surface area contributed by atoms with E-state index in [9.17, 15) is 9.90 Å². The van der Waals surface area contributed by atoms with E-state index >= 15 is 0 Å². The third kappa shape index (κ3) is 4.52. The molecule has 1 fully saturated rings. The molecular weight excluding hydrogens is 202 g/mol. The van der Waals surface area contributed by atoms with Gasteiger partial charge in [-0.3, -0.25) is 4.79 Å². The van der Waals surface area contributed by atoms with Crippen LogP contribution in [0.5, 0.6) is 0 Å². The summed E-state index contributed by atoms with van der Waals surface area (Å²) in [6, 6.07) is 0. The van der Waals surface area contributed by atoms with Crippen molar-refractivity contribution in [1.82, 2.24) is 5.32 Å². The van der Waals surface area contributed by atoms with Crippen molar-refractivity contribution in [3.63, 3.8) is 0 Å². The first-order valence-electron chi connectivity index (χ1n) is 6.44. The first-order valence-corrected chi connectivity index (χ1v) is 6.44. The standard InChI is InChI=1S/C13H25NO2/c1-4-10(2)13(3,16)9-14-12(15)8-7-11-5-6-11/h10-11,16H,4-9H2,1-3H3,(H,14,15). The van der Waals surface area contributed by atoms with Gasteiger partial charge in [-0.2, -0.15) is 0 Å². The molecule has 0 aromatic rings. The van der Waals surface area contributed by atoms with E-state index in [1.54, 1.807) is 6.92 Å². The minimum absolute atomic E-state index is 0.0791.